The van der Waals surface area contributed by atoms with Crippen molar-refractivity contribution in [2.24, 2.45) is 0 Å². The van der Waals surface area contributed by atoms with Gasteiger partial charge in [-0.05, 0) is 12.5 Å². The van der Waals surface area contributed by atoms with Crippen LogP contribution in [-0.2, 0) is 0 Å². The average Bonchev–Trinajstić information content (AvgIpc) is 1.65. The maximum Gasteiger partial charge on any atom is 0.102 e. The van der Waals surface area contributed by atoms with Gasteiger partial charge >= 0.3 is 0 Å². The molecule has 0 amide bonds. The molecule has 0 heterocycles. The minimum absolute atomic E-state index is 0.496. The van der Waals surface area contributed by atoms with Crippen LogP contribution in [0.15, 0.2) is 0 Å². The SMILES string of the molecule is CCC(C)N[SiH](C)C. The van der Waals surface area contributed by atoms with Crippen molar-refractivity contribution in [3.63, 3.8) is 0 Å². The molecule has 0 saturated carbocycles. The molecule has 0 aromatic rings. The van der Waals surface area contributed by atoms with E-state index in [1.165, 1.54) is 6.42 Å². The summed E-state index contributed by atoms with van der Waals surface area (Å²) in [6, 6.07) is 0.738. The topological polar surface area (TPSA) is 12.0 Å². The molecule has 2 heteroatoms. The van der Waals surface area contributed by atoms with E-state index in [1.807, 2.05) is 0 Å². The normalized spacial score (nSPS) is 14.6. The van der Waals surface area contributed by atoms with E-state index in [-0.39, 0.29) is 0 Å². The summed E-state index contributed by atoms with van der Waals surface area (Å²) in [6.07, 6.45) is 1.26. The first-order chi connectivity index (χ1) is 3.66. The number of nitrogens with one attached hydrogen (secondary N) is 1. The number of hydrogen-bond donors (Lipinski definition) is 1. The molecule has 0 saturated heterocycles. The van der Waals surface area contributed by atoms with Crippen LogP contribution in [0, 0.1) is 0 Å². The van der Waals surface area contributed by atoms with Crippen LogP contribution in [0.5, 0.6) is 0 Å². The molecule has 0 spiro atoms. The molecule has 0 aromatic carbocycles. The Kier molecular flexibility index (Phi) is 4.19. The van der Waals surface area contributed by atoms with Crippen LogP contribution in [0.25, 0.3) is 0 Å². The lowest BCUT2D eigenvalue weighted by Crippen LogP contribution is -2.35. The Bertz CT molecular complexity index is 54.5. The molecule has 0 fully saturated rings. The molecule has 0 aliphatic rings. The summed E-state index contributed by atoms with van der Waals surface area (Å²) in [5.74, 6) is 0. The number of rotatable bonds is 3. The Morgan fingerprint density at radius 2 is 2.00 bits per heavy atom. The molecule has 0 aliphatic heterocycles. The Morgan fingerprint density at radius 1 is 1.50 bits per heavy atom. The molecule has 0 radical (unpaired) electrons. The third-order valence-corrected chi connectivity index (χ3v) is 2.47. The van der Waals surface area contributed by atoms with E-state index in [1.54, 1.807) is 0 Å². The molecule has 1 nitrogen and oxygen atoms in total. The second kappa shape index (κ2) is 4.10. The first-order valence-electron chi connectivity index (χ1n) is 3.42. The molecule has 50 valence electrons. The van der Waals surface area contributed by atoms with Gasteiger partial charge in [0.25, 0.3) is 0 Å². The van der Waals surface area contributed by atoms with Crippen molar-refractivity contribution < 1.29 is 0 Å². The average molecular weight is 131 g/mol. The summed E-state index contributed by atoms with van der Waals surface area (Å²) in [6.45, 7) is 9.08. The van der Waals surface area contributed by atoms with Gasteiger partial charge in [-0.25, -0.2) is 0 Å². The summed E-state index contributed by atoms with van der Waals surface area (Å²) in [5.41, 5.74) is 0. The lowest BCUT2D eigenvalue weighted by atomic mass is 10.3. The van der Waals surface area contributed by atoms with Crippen molar-refractivity contribution in [3.8, 4) is 0 Å². The number of hydrogen-bond acceptors (Lipinski definition) is 1. The van der Waals surface area contributed by atoms with Crippen molar-refractivity contribution >= 4 is 8.96 Å². The maximum absolute atomic E-state index is 3.53. The van der Waals surface area contributed by atoms with Gasteiger partial charge in [0.05, 0.1) is 0 Å². The smallest absolute Gasteiger partial charge is 0.102 e. The van der Waals surface area contributed by atoms with E-state index in [9.17, 15) is 0 Å². The van der Waals surface area contributed by atoms with Crippen molar-refractivity contribution in [2.75, 3.05) is 0 Å². The van der Waals surface area contributed by atoms with Crippen LogP contribution in [0.4, 0.5) is 0 Å². The fourth-order valence-electron chi connectivity index (χ4n) is 0.687. The zero-order valence-electron chi connectivity index (χ0n) is 6.36. The molecular weight excluding hydrogens is 114 g/mol. The van der Waals surface area contributed by atoms with Gasteiger partial charge < -0.3 is 4.98 Å². The largest absolute Gasteiger partial charge is 0.337 e. The molecule has 0 bridgehead atoms. The highest BCUT2D eigenvalue weighted by Gasteiger charge is 1.98. The van der Waals surface area contributed by atoms with Crippen LogP contribution < -0.4 is 4.98 Å². The molecule has 1 unspecified atom stereocenters. The Balaban J connectivity index is 3.10. The molecule has 8 heavy (non-hydrogen) atoms. The predicted molar refractivity (Wildman–Crippen MR) is 41.8 cm³/mol. The second-order valence-electron chi connectivity index (χ2n) is 2.63. The fraction of sp³-hybridized carbons (Fsp3) is 1.00. The minimum atomic E-state index is -0.496. The van der Waals surface area contributed by atoms with Crippen LogP contribution in [0.1, 0.15) is 20.3 Å². The summed E-state index contributed by atoms with van der Waals surface area (Å²) in [7, 11) is -0.496. The second-order valence-corrected chi connectivity index (χ2v) is 5.27. The van der Waals surface area contributed by atoms with Crippen LogP contribution in [0.3, 0.4) is 0 Å². The monoisotopic (exact) mass is 131 g/mol. The Labute approximate surface area is 54.2 Å². The van der Waals surface area contributed by atoms with Gasteiger partial charge in [-0.1, -0.05) is 26.9 Å². The van der Waals surface area contributed by atoms with Crippen LogP contribution >= 0.6 is 0 Å². The molecular formula is C6H17NSi. The van der Waals surface area contributed by atoms with E-state index < -0.39 is 8.96 Å². The van der Waals surface area contributed by atoms with E-state index >= 15 is 0 Å². The standard InChI is InChI=1S/C6H17NSi/c1-5-6(2)7-8(3)4/h6-8H,5H2,1-4H3. The molecule has 0 rings (SSSR count). The van der Waals surface area contributed by atoms with E-state index in [2.05, 4.69) is 31.9 Å². The first kappa shape index (κ1) is 8.18. The van der Waals surface area contributed by atoms with E-state index in [0.29, 0.717) is 0 Å². The Morgan fingerprint density at radius 3 is 2.12 bits per heavy atom. The summed E-state index contributed by atoms with van der Waals surface area (Å²) >= 11 is 0. The van der Waals surface area contributed by atoms with Gasteiger partial charge in [0, 0.05) is 0 Å². The molecule has 1 atom stereocenters. The zero-order chi connectivity index (χ0) is 6.57. The molecule has 0 aromatic heterocycles. The molecule has 0 aliphatic carbocycles. The minimum Gasteiger partial charge on any atom is -0.337 e. The third-order valence-electron chi connectivity index (χ3n) is 1.23. The van der Waals surface area contributed by atoms with Crippen molar-refractivity contribution in [1.82, 2.24) is 4.98 Å². The lowest BCUT2D eigenvalue weighted by Gasteiger charge is -2.12. The van der Waals surface area contributed by atoms with Gasteiger partial charge in [0.15, 0.2) is 0 Å². The van der Waals surface area contributed by atoms with E-state index in [0.717, 1.165) is 6.04 Å². The first-order valence-corrected chi connectivity index (χ1v) is 6.31. The van der Waals surface area contributed by atoms with Crippen LogP contribution in [-0.4, -0.2) is 15.0 Å². The fourth-order valence-corrected chi connectivity index (χ4v) is 2.06. The van der Waals surface area contributed by atoms with Crippen molar-refractivity contribution in [1.29, 1.82) is 0 Å². The van der Waals surface area contributed by atoms with Crippen LogP contribution in [0.2, 0.25) is 13.1 Å². The van der Waals surface area contributed by atoms with Crippen molar-refractivity contribution in [2.45, 2.75) is 39.4 Å². The third kappa shape index (κ3) is 4.34. The molecule has 1 N–H and O–H groups in total. The maximum atomic E-state index is 3.53. The van der Waals surface area contributed by atoms with Gasteiger partial charge in [-0.2, -0.15) is 0 Å². The summed E-state index contributed by atoms with van der Waals surface area (Å²) in [4.78, 5) is 3.53. The van der Waals surface area contributed by atoms with Gasteiger partial charge in [0.1, 0.15) is 8.96 Å². The quantitative estimate of drug-likeness (QED) is 0.570. The Hall–Kier alpha value is 0.177. The highest BCUT2D eigenvalue weighted by atomic mass is 28.3. The van der Waals surface area contributed by atoms with Gasteiger partial charge in [0.2, 0.25) is 0 Å². The lowest BCUT2D eigenvalue weighted by molar-refractivity contribution is 0.651. The van der Waals surface area contributed by atoms with Crippen molar-refractivity contribution in [3.05, 3.63) is 0 Å². The predicted octanol–water partition coefficient (Wildman–Crippen LogP) is 1.36. The van der Waals surface area contributed by atoms with E-state index in [4.69, 9.17) is 0 Å². The summed E-state index contributed by atoms with van der Waals surface area (Å²) < 4.78 is 0. The van der Waals surface area contributed by atoms with Gasteiger partial charge in [-0.3, -0.25) is 0 Å². The highest BCUT2D eigenvalue weighted by molar-refractivity contribution is 6.52. The summed E-state index contributed by atoms with van der Waals surface area (Å²) in [5, 5.41) is 0. The van der Waals surface area contributed by atoms with Gasteiger partial charge in [-0.15, -0.1) is 0 Å². The zero-order valence-corrected chi connectivity index (χ0v) is 7.52. The highest BCUT2D eigenvalue weighted by Crippen LogP contribution is 1.87.